The van der Waals surface area contributed by atoms with E-state index in [0.717, 1.165) is 31.9 Å². The standard InChI is InChI=1S/C13H15N3O2/c1-2-7-14-8-10-15(11-9-14)12-3-5-13(6-4-12)16(17)18/h1,3-6H,7-11H2. The summed E-state index contributed by atoms with van der Waals surface area (Å²) in [5, 5.41) is 10.6. The Hall–Kier alpha value is -2.06. The van der Waals surface area contributed by atoms with Crippen molar-refractivity contribution in [3.8, 4) is 12.3 Å². The fourth-order valence-corrected chi connectivity index (χ4v) is 2.08. The van der Waals surface area contributed by atoms with E-state index in [0.29, 0.717) is 6.54 Å². The van der Waals surface area contributed by atoms with Crippen molar-refractivity contribution in [2.75, 3.05) is 37.6 Å². The van der Waals surface area contributed by atoms with Crippen LogP contribution in [0.25, 0.3) is 0 Å². The van der Waals surface area contributed by atoms with Crippen LogP contribution in [0.5, 0.6) is 0 Å². The summed E-state index contributed by atoms with van der Waals surface area (Å²) in [6.45, 7) is 4.36. The number of anilines is 1. The minimum Gasteiger partial charge on any atom is -0.369 e. The zero-order valence-corrected chi connectivity index (χ0v) is 10.1. The predicted octanol–water partition coefficient (Wildman–Crippen LogP) is 1.35. The molecule has 1 saturated heterocycles. The molecule has 0 aliphatic carbocycles. The molecule has 5 heteroatoms. The molecule has 1 aromatic carbocycles. The molecule has 1 aromatic rings. The highest BCUT2D eigenvalue weighted by atomic mass is 16.6. The summed E-state index contributed by atoms with van der Waals surface area (Å²) in [7, 11) is 0. The molecule has 0 bridgehead atoms. The lowest BCUT2D eigenvalue weighted by atomic mass is 10.2. The van der Waals surface area contributed by atoms with Crippen molar-refractivity contribution in [1.29, 1.82) is 0 Å². The van der Waals surface area contributed by atoms with Crippen LogP contribution in [0.4, 0.5) is 11.4 Å². The van der Waals surface area contributed by atoms with Gasteiger partial charge in [-0.2, -0.15) is 0 Å². The van der Waals surface area contributed by atoms with Crippen LogP contribution in [0.2, 0.25) is 0 Å². The number of hydrogen-bond acceptors (Lipinski definition) is 4. The summed E-state index contributed by atoms with van der Waals surface area (Å²) in [6, 6.07) is 6.69. The van der Waals surface area contributed by atoms with E-state index < -0.39 is 0 Å². The Balaban J connectivity index is 1.97. The van der Waals surface area contributed by atoms with Gasteiger partial charge in [-0.1, -0.05) is 5.92 Å². The highest BCUT2D eigenvalue weighted by molar-refractivity contribution is 5.51. The van der Waals surface area contributed by atoms with Crippen molar-refractivity contribution in [3.63, 3.8) is 0 Å². The van der Waals surface area contributed by atoms with E-state index in [1.165, 1.54) is 0 Å². The monoisotopic (exact) mass is 245 g/mol. The van der Waals surface area contributed by atoms with Crippen molar-refractivity contribution in [2.45, 2.75) is 0 Å². The first-order chi connectivity index (χ1) is 8.70. The minimum absolute atomic E-state index is 0.129. The molecule has 1 aliphatic rings. The van der Waals surface area contributed by atoms with Crippen molar-refractivity contribution in [1.82, 2.24) is 4.90 Å². The van der Waals surface area contributed by atoms with Gasteiger partial charge in [0.1, 0.15) is 0 Å². The fraction of sp³-hybridized carbons (Fsp3) is 0.385. The number of terminal acetylenes is 1. The van der Waals surface area contributed by atoms with Gasteiger partial charge >= 0.3 is 0 Å². The van der Waals surface area contributed by atoms with Gasteiger partial charge in [0, 0.05) is 44.0 Å². The molecule has 2 rings (SSSR count). The lowest BCUT2D eigenvalue weighted by Gasteiger charge is -2.35. The summed E-state index contributed by atoms with van der Waals surface area (Å²) in [6.07, 6.45) is 5.28. The van der Waals surface area contributed by atoms with Gasteiger partial charge in [-0.05, 0) is 12.1 Å². The van der Waals surface area contributed by atoms with Crippen molar-refractivity contribution >= 4 is 11.4 Å². The van der Waals surface area contributed by atoms with Gasteiger partial charge < -0.3 is 4.90 Å². The maximum Gasteiger partial charge on any atom is 0.269 e. The number of nitro groups is 1. The Morgan fingerprint density at radius 1 is 1.22 bits per heavy atom. The van der Waals surface area contributed by atoms with Gasteiger partial charge in [-0.15, -0.1) is 6.42 Å². The Morgan fingerprint density at radius 3 is 2.33 bits per heavy atom. The third-order valence-electron chi connectivity index (χ3n) is 3.11. The normalized spacial score (nSPS) is 16.3. The third kappa shape index (κ3) is 2.79. The molecule has 0 atom stereocenters. The Morgan fingerprint density at radius 2 is 1.83 bits per heavy atom. The topological polar surface area (TPSA) is 49.6 Å². The van der Waals surface area contributed by atoms with Gasteiger partial charge in [-0.3, -0.25) is 15.0 Å². The van der Waals surface area contributed by atoms with Gasteiger partial charge in [0.05, 0.1) is 11.5 Å². The predicted molar refractivity (Wildman–Crippen MR) is 70.6 cm³/mol. The largest absolute Gasteiger partial charge is 0.369 e. The van der Waals surface area contributed by atoms with Crippen LogP contribution in [-0.4, -0.2) is 42.5 Å². The van der Waals surface area contributed by atoms with E-state index >= 15 is 0 Å². The van der Waals surface area contributed by atoms with Crippen LogP contribution in [0.15, 0.2) is 24.3 Å². The summed E-state index contributed by atoms with van der Waals surface area (Å²) >= 11 is 0. The molecule has 5 nitrogen and oxygen atoms in total. The number of piperazine rings is 1. The first-order valence-electron chi connectivity index (χ1n) is 5.86. The van der Waals surface area contributed by atoms with E-state index in [2.05, 4.69) is 15.7 Å². The molecule has 1 heterocycles. The van der Waals surface area contributed by atoms with Crippen LogP contribution in [0.3, 0.4) is 0 Å². The smallest absolute Gasteiger partial charge is 0.269 e. The first kappa shape index (κ1) is 12.4. The minimum atomic E-state index is -0.380. The molecule has 18 heavy (non-hydrogen) atoms. The average molecular weight is 245 g/mol. The lowest BCUT2D eigenvalue weighted by Crippen LogP contribution is -2.46. The molecule has 1 aliphatic heterocycles. The second-order valence-corrected chi connectivity index (χ2v) is 4.24. The number of hydrogen-bond donors (Lipinski definition) is 0. The Kier molecular flexibility index (Phi) is 3.80. The van der Waals surface area contributed by atoms with Gasteiger partial charge in [0.2, 0.25) is 0 Å². The van der Waals surface area contributed by atoms with Crippen LogP contribution in [0, 0.1) is 22.5 Å². The third-order valence-corrected chi connectivity index (χ3v) is 3.11. The van der Waals surface area contributed by atoms with Crippen molar-refractivity contribution < 1.29 is 4.92 Å². The Bertz CT molecular complexity index is 456. The quantitative estimate of drug-likeness (QED) is 0.458. The SMILES string of the molecule is C#CCN1CCN(c2ccc([N+](=O)[O-])cc2)CC1. The van der Waals surface area contributed by atoms with Gasteiger partial charge in [-0.25, -0.2) is 0 Å². The molecular weight excluding hydrogens is 230 g/mol. The molecular formula is C13H15N3O2. The van der Waals surface area contributed by atoms with Crippen molar-refractivity contribution in [3.05, 3.63) is 34.4 Å². The maximum atomic E-state index is 10.6. The van der Waals surface area contributed by atoms with Gasteiger partial charge in [0.15, 0.2) is 0 Å². The number of nitrogens with zero attached hydrogens (tertiary/aromatic N) is 3. The van der Waals surface area contributed by atoms with Crippen LogP contribution in [0.1, 0.15) is 0 Å². The maximum absolute atomic E-state index is 10.6. The Labute approximate surface area is 106 Å². The van der Waals surface area contributed by atoms with Crippen molar-refractivity contribution in [2.24, 2.45) is 0 Å². The van der Waals surface area contributed by atoms with Gasteiger partial charge in [0.25, 0.3) is 5.69 Å². The first-order valence-corrected chi connectivity index (χ1v) is 5.86. The highest BCUT2D eigenvalue weighted by Crippen LogP contribution is 2.20. The molecule has 94 valence electrons. The molecule has 0 saturated carbocycles. The molecule has 0 N–H and O–H groups in total. The second-order valence-electron chi connectivity index (χ2n) is 4.24. The summed E-state index contributed by atoms with van der Waals surface area (Å²) in [5.74, 6) is 2.64. The second kappa shape index (κ2) is 5.52. The number of benzene rings is 1. The van der Waals surface area contributed by atoms with E-state index in [1.54, 1.807) is 24.3 Å². The number of non-ortho nitro benzene ring substituents is 1. The zero-order valence-electron chi connectivity index (χ0n) is 10.1. The van der Waals surface area contributed by atoms with Crippen LogP contribution in [-0.2, 0) is 0 Å². The molecule has 0 aromatic heterocycles. The average Bonchev–Trinajstić information content (AvgIpc) is 2.40. The summed E-state index contributed by atoms with van der Waals surface area (Å²) < 4.78 is 0. The van der Waals surface area contributed by atoms with Crippen LogP contribution >= 0.6 is 0 Å². The molecule has 1 fully saturated rings. The van der Waals surface area contributed by atoms with E-state index in [1.807, 2.05) is 0 Å². The molecule has 0 spiro atoms. The summed E-state index contributed by atoms with van der Waals surface area (Å²) in [5.41, 5.74) is 1.16. The van der Waals surface area contributed by atoms with E-state index in [9.17, 15) is 10.1 Å². The summed E-state index contributed by atoms with van der Waals surface area (Å²) in [4.78, 5) is 14.6. The van der Waals surface area contributed by atoms with E-state index in [-0.39, 0.29) is 10.6 Å². The molecule has 0 unspecified atom stereocenters. The molecule has 0 amide bonds. The fourth-order valence-electron chi connectivity index (χ4n) is 2.08. The van der Waals surface area contributed by atoms with E-state index in [4.69, 9.17) is 6.42 Å². The lowest BCUT2D eigenvalue weighted by molar-refractivity contribution is -0.384. The number of nitro benzene ring substituents is 1. The molecule has 0 radical (unpaired) electrons. The highest BCUT2D eigenvalue weighted by Gasteiger charge is 2.16. The zero-order chi connectivity index (χ0) is 13.0. The number of rotatable bonds is 3. The van der Waals surface area contributed by atoms with Crippen LogP contribution < -0.4 is 4.90 Å².